The lowest BCUT2D eigenvalue weighted by molar-refractivity contribution is 0.630. The molecule has 4 nitrogen and oxygen atoms in total. The van der Waals surface area contributed by atoms with Gasteiger partial charge in [-0.25, -0.2) is 4.39 Å². The van der Waals surface area contributed by atoms with Crippen molar-refractivity contribution < 1.29 is 4.39 Å². The molecule has 0 bridgehead atoms. The van der Waals surface area contributed by atoms with Gasteiger partial charge in [0.05, 0.1) is 5.52 Å². The second-order valence-electron chi connectivity index (χ2n) is 2.78. The van der Waals surface area contributed by atoms with E-state index in [2.05, 4.69) is 4.98 Å². The SMILES string of the molecule is N.Nc1cc(F)cc2[nH]c(=O)ccc12. The van der Waals surface area contributed by atoms with Crippen molar-refractivity contribution in [3.63, 3.8) is 0 Å². The number of fused-ring (bicyclic) bond motifs is 1. The van der Waals surface area contributed by atoms with Crippen LogP contribution in [0.15, 0.2) is 29.1 Å². The Kier molecular flexibility index (Phi) is 2.53. The topological polar surface area (TPSA) is 93.9 Å². The van der Waals surface area contributed by atoms with Crippen LogP contribution in [-0.4, -0.2) is 4.98 Å². The van der Waals surface area contributed by atoms with Crippen molar-refractivity contribution in [2.45, 2.75) is 0 Å². The van der Waals surface area contributed by atoms with Gasteiger partial charge in [-0.2, -0.15) is 0 Å². The summed E-state index contributed by atoms with van der Waals surface area (Å²) in [5.74, 6) is -0.452. The number of H-pyrrole nitrogens is 1. The van der Waals surface area contributed by atoms with Crippen molar-refractivity contribution >= 4 is 16.6 Å². The second kappa shape index (κ2) is 3.47. The van der Waals surface area contributed by atoms with Crippen LogP contribution in [0.2, 0.25) is 0 Å². The van der Waals surface area contributed by atoms with Crippen molar-refractivity contribution in [1.82, 2.24) is 11.1 Å². The largest absolute Gasteiger partial charge is 0.398 e. The van der Waals surface area contributed by atoms with Gasteiger partial charge in [0, 0.05) is 17.1 Å². The molecule has 1 heterocycles. The Hall–Kier alpha value is -1.88. The van der Waals surface area contributed by atoms with Gasteiger partial charge in [-0.05, 0) is 18.2 Å². The molecule has 14 heavy (non-hydrogen) atoms. The average Bonchev–Trinajstić information content (AvgIpc) is 2.02. The van der Waals surface area contributed by atoms with Gasteiger partial charge in [-0.15, -0.1) is 0 Å². The van der Waals surface area contributed by atoms with Crippen molar-refractivity contribution in [2.24, 2.45) is 0 Å². The molecule has 0 radical (unpaired) electrons. The van der Waals surface area contributed by atoms with E-state index in [1.54, 1.807) is 6.07 Å². The molecular weight excluding hydrogens is 185 g/mol. The standard InChI is InChI=1S/C9H7FN2O.H3N/c10-5-3-7(11)6-1-2-9(13)12-8(6)4-5;/h1-4H,11H2,(H,12,13);1H3. The Bertz CT molecular complexity index is 521. The molecule has 1 aromatic heterocycles. The molecule has 1 aromatic carbocycles. The third-order valence-corrected chi connectivity index (χ3v) is 1.84. The molecule has 0 fully saturated rings. The van der Waals surface area contributed by atoms with E-state index in [0.29, 0.717) is 16.6 Å². The normalized spacial score (nSPS) is 9.79. The Labute approximate surface area is 79.1 Å². The molecule has 0 aliphatic rings. The molecule has 0 saturated heterocycles. The van der Waals surface area contributed by atoms with Gasteiger partial charge in [-0.3, -0.25) is 4.79 Å². The third kappa shape index (κ3) is 1.57. The van der Waals surface area contributed by atoms with Gasteiger partial charge in [0.1, 0.15) is 5.82 Å². The molecule has 5 heteroatoms. The van der Waals surface area contributed by atoms with Crippen molar-refractivity contribution in [3.05, 3.63) is 40.4 Å². The smallest absolute Gasteiger partial charge is 0.248 e. The summed E-state index contributed by atoms with van der Waals surface area (Å²) < 4.78 is 12.8. The highest BCUT2D eigenvalue weighted by Crippen LogP contribution is 2.18. The van der Waals surface area contributed by atoms with Gasteiger partial charge in [0.2, 0.25) is 5.56 Å². The second-order valence-corrected chi connectivity index (χ2v) is 2.78. The van der Waals surface area contributed by atoms with E-state index in [1.165, 1.54) is 18.2 Å². The summed E-state index contributed by atoms with van der Waals surface area (Å²) >= 11 is 0. The predicted molar refractivity (Wildman–Crippen MR) is 54.0 cm³/mol. The van der Waals surface area contributed by atoms with E-state index in [9.17, 15) is 9.18 Å². The number of aromatic nitrogens is 1. The lowest BCUT2D eigenvalue weighted by Crippen LogP contribution is -2.03. The highest BCUT2D eigenvalue weighted by molar-refractivity contribution is 5.89. The van der Waals surface area contributed by atoms with Gasteiger partial charge < -0.3 is 16.9 Å². The van der Waals surface area contributed by atoms with Crippen LogP contribution in [0.25, 0.3) is 10.9 Å². The molecule has 0 aliphatic carbocycles. The third-order valence-electron chi connectivity index (χ3n) is 1.84. The van der Waals surface area contributed by atoms with Crippen LogP contribution < -0.4 is 17.4 Å². The fourth-order valence-electron chi connectivity index (χ4n) is 1.26. The summed E-state index contributed by atoms with van der Waals surface area (Å²) in [5, 5.41) is 0.654. The number of aromatic amines is 1. The Morgan fingerprint density at radius 3 is 2.71 bits per heavy atom. The van der Waals surface area contributed by atoms with Crippen LogP contribution >= 0.6 is 0 Å². The summed E-state index contributed by atoms with van der Waals surface area (Å²) in [5.41, 5.74) is 6.03. The van der Waals surface area contributed by atoms with Crippen LogP contribution in [0.4, 0.5) is 10.1 Å². The van der Waals surface area contributed by atoms with Crippen molar-refractivity contribution in [3.8, 4) is 0 Å². The minimum Gasteiger partial charge on any atom is -0.398 e. The van der Waals surface area contributed by atoms with Crippen LogP contribution in [0.5, 0.6) is 0 Å². The number of pyridine rings is 1. The summed E-state index contributed by atoms with van der Waals surface area (Å²) in [7, 11) is 0. The van der Waals surface area contributed by atoms with Crippen molar-refractivity contribution in [2.75, 3.05) is 5.73 Å². The summed E-state index contributed by atoms with van der Waals surface area (Å²) in [6.45, 7) is 0. The first-order valence-corrected chi connectivity index (χ1v) is 3.75. The van der Waals surface area contributed by atoms with E-state index < -0.39 is 5.82 Å². The van der Waals surface area contributed by atoms with Crippen LogP contribution in [-0.2, 0) is 0 Å². The Balaban J connectivity index is 0.000000980. The molecule has 0 aliphatic heterocycles. The molecule has 0 spiro atoms. The van der Waals surface area contributed by atoms with Gasteiger partial charge in [0.15, 0.2) is 0 Å². The van der Waals surface area contributed by atoms with Crippen LogP contribution in [0.1, 0.15) is 0 Å². The molecule has 0 unspecified atom stereocenters. The number of hydrogen-bond acceptors (Lipinski definition) is 3. The molecule has 0 atom stereocenters. The number of nitrogens with two attached hydrogens (primary N) is 1. The molecule has 6 N–H and O–H groups in total. The minimum atomic E-state index is -0.452. The number of nitrogens with one attached hydrogen (secondary N) is 1. The zero-order valence-corrected chi connectivity index (χ0v) is 7.38. The molecule has 2 aromatic rings. The quantitative estimate of drug-likeness (QED) is 0.555. The van der Waals surface area contributed by atoms with E-state index in [1.807, 2.05) is 0 Å². The van der Waals surface area contributed by atoms with E-state index >= 15 is 0 Å². The lowest BCUT2D eigenvalue weighted by Gasteiger charge is -2.00. The van der Waals surface area contributed by atoms with Crippen LogP contribution in [0, 0.1) is 5.82 Å². The summed E-state index contributed by atoms with van der Waals surface area (Å²) in [4.78, 5) is 13.4. The number of rotatable bonds is 0. The highest BCUT2D eigenvalue weighted by atomic mass is 19.1. The van der Waals surface area contributed by atoms with Gasteiger partial charge in [-0.1, -0.05) is 0 Å². The number of nitrogen functional groups attached to an aromatic ring is 1. The zero-order valence-electron chi connectivity index (χ0n) is 7.38. The molecule has 0 saturated carbocycles. The first-order valence-electron chi connectivity index (χ1n) is 3.75. The number of benzene rings is 1. The van der Waals surface area contributed by atoms with Gasteiger partial charge in [0.25, 0.3) is 0 Å². The molecule has 2 rings (SSSR count). The fraction of sp³-hybridized carbons (Fsp3) is 0. The maximum absolute atomic E-state index is 12.8. The van der Waals surface area contributed by atoms with E-state index in [4.69, 9.17) is 5.73 Å². The number of halogens is 1. The van der Waals surface area contributed by atoms with E-state index in [0.717, 1.165) is 0 Å². The molecule has 0 amide bonds. The summed E-state index contributed by atoms with van der Waals surface area (Å²) in [6.07, 6.45) is 0. The maximum Gasteiger partial charge on any atom is 0.248 e. The maximum atomic E-state index is 12.8. The zero-order chi connectivity index (χ0) is 9.42. The average molecular weight is 195 g/mol. The molecular formula is C9H10FN3O. The van der Waals surface area contributed by atoms with Crippen LogP contribution in [0.3, 0.4) is 0 Å². The Morgan fingerprint density at radius 1 is 1.29 bits per heavy atom. The number of anilines is 1. The van der Waals surface area contributed by atoms with Crippen molar-refractivity contribution in [1.29, 1.82) is 0 Å². The highest BCUT2D eigenvalue weighted by Gasteiger charge is 2.00. The minimum absolute atomic E-state index is 0. The fourth-order valence-corrected chi connectivity index (χ4v) is 1.26. The Morgan fingerprint density at radius 2 is 2.00 bits per heavy atom. The first kappa shape index (κ1) is 10.2. The predicted octanol–water partition coefficient (Wildman–Crippen LogP) is 1.41. The number of hydrogen-bond donors (Lipinski definition) is 3. The first-order chi connectivity index (χ1) is 6.16. The lowest BCUT2D eigenvalue weighted by atomic mass is 10.2. The summed E-state index contributed by atoms with van der Waals surface area (Å²) in [6, 6.07) is 5.40. The van der Waals surface area contributed by atoms with Gasteiger partial charge >= 0.3 is 0 Å². The monoisotopic (exact) mass is 195 g/mol. The molecule has 74 valence electrons. The van der Waals surface area contributed by atoms with E-state index in [-0.39, 0.29) is 11.7 Å².